The lowest BCUT2D eigenvalue weighted by molar-refractivity contribution is -0.117. The third-order valence-corrected chi connectivity index (χ3v) is 4.40. The molecule has 2 aromatic carbocycles. The molecule has 0 spiro atoms. The molecule has 0 fully saturated rings. The molecule has 0 atom stereocenters. The Hall–Kier alpha value is -3.81. The third-order valence-electron chi connectivity index (χ3n) is 4.40. The number of hydrogen-bond donors (Lipinski definition) is 2. The van der Waals surface area contributed by atoms with E-state index in [0.29, 0.717) is 29.1 Å². The van der Waals surface area contributed by atoms with Crippen molar-refractivity contribution in [1.29, 1.82) is 0 Å². The molecule has 3 rings (SSSR count). The van der Waals surface area contributed by atoms with Crippen molar-refractivity contribution < 1.29 is 14.0 Å². The lowest BCUT2D eigenvalue weighted by Crippen LogP contribution is -2.29. The Morgan fingerprint density at radius 1 is 1.03 bits per heavy atom. The summed E-state index contributed by atoms with van der Waals surface area (Å²) in [6, 6.07) is 13.8. The van der Waals surface area contributed by atoms with Gasteiger partial charge >= 0.3 is 0 Å². The predicted octanol–water partition coefficient (Wildman–Crippen LogP) is 3.35. The third kappa shape index (κ3) is 5.16. The summed E-state index contributed by atoms with van der Waals surface area (Å²) in [5, 5.41) is 9.63. The number of nitrogens with one attached hydrogen (secondary N) is 2. The second kappa shape index (κ2) is 9.13. The molecule has 7 nitrogen and oxygen atoms in total. The van der Waals surface area contributed by atoms with E-state index < -0.39 is 17.3 Å². The minimum Gasteiger partial charge on any atom is -0.326 e. The Kier molecular flexibility index (Phi) is 6.36. The van der Waals surface area contributed by atoms with Crippen LogP contribution in [-0.4, -0.2) is 21.6 Å². The van der Waals surface area contributed by atoms with Gasteiger partial charge in [-0.1, -0.05) is 25.1 Å². The van der Waals surface area contributed by atoms with Crippen LogP contribution in [0.2, 0.25) is 0 Å². The molecule has 1 heterocycles. The molecule has 3 aromatic rings. The van der Waals surface area contributed by atoms with E-state index >= 15 is 0 Å². The minimum atomic E-state index is -0.507. The van der Waals surface area contributed by atoms with E-state index in [9.17, 15) is 18.8 Å². The van der Waals surface area contributed by atoms with Gasteiger partial charge < -0.3 is 10.6 Å². The van der Waals surface area contributed by atoms with Gasteiger partial charge in [0.2, 0.25) is 11.8 Å². The Labute approximate surface area is 172 Å². The van der Waals surface area contributed by atoms with E-state index in [2.05, 4.69) is 15.7 Å². The zero-order valence-corrected chi connectivity index (χ0v) is 16.6. The molecular formula is C22H21FN4O3. The molecule has 30 heavy (non-hydrogen) atoms. The number of aromatic nitrogens is 2. The van der Waals surface area contributed by atoms with Gasteiger partial charge in [0.05, 0.1) is 5.69 Å². The molecule has 0 bridgehead atoms. The molecule has 0 unspecified atom stereocenters. The highest BCUT2D eigenvalue weighted by molar-refractivity contribution is 5.92. The predicted molar refractivity (Wildman–Crippen MR) is 113 cm³/mol. The molecule has 1 aromatic heterocycles. The Morgan fingerprint density at radius 3 is 2.57 bits per heavy atom. The summed E-state index contributed by atoms with van der Waals surface area (Å²) in [4.78, 5) is 36.2. The number of carbonyl (C=O) groups excluding carboxylic acids is 2. The SMILES string of the molecule is CCC(=O)Nc1cc(-c2ccc(=O)n(CC(=O)Nc3cccc(F)c3)n2)ccc1C. The average molecular weight is 408 g/mol. The average Bonchev–Trinajstić information content (AvgIpc) is 2.71. The van der Waals surface area contributed by atoms with Crippen LogP contribution in [0.5, 0.6) is 0 Å². The highest BCUT2D eigenvalue weighted by atomic mass is 19.1. The molecule has 0 aliphatic carbocycles. The molecule has 8 heteroatoms. The number of amides is 2. The van der Waals surface area contributed by atoms with E-state index in [1.165, 1.54) is 24.3 Å². The van der Waals surface area contributed by atoms with E-state index in [-0.39, 0.29) is 12.5 Å². The smallest absolute Gasteiger partial charge is 0.267 e. The van der Waals surface area contributed by atoms with Crippen LogP contribution in [-0.2, 0) is 16.1 Å². The Balaban J connectivity index is 1.83. The van der Waals surface area contributed by atoms with Crippen LogP contribution < -0.4 is 16.2 Å². The van der Waals surface area contributed by atoms with Crippen LogP contribution in [0, 0.1) is 12.7 Å². The van der Waals surface area contributed by atoms with Crippen molar-refractivity contribution in [1.82, 2.24) is 9.78 Å². The van der Waals surface area contributed by atoms with Crippen molar-refractivity contribution in [3.05, 3.63) is 76.3 Å². The normalized spacial score (nSPS) is 10.5. The fourth-order valence-corrected chi connectivity index (χ4v) is 2.77. The van der Waals surface area contributed by atoms with Crippen LogP contribution in [0.25, 0.3) is 11.3 Å². The summed E-state index contributed by atoms with van der Waals surface area (Å²) in [7, 11) is 0. The largest absolute Gasteiger partial charge is 0.326 e. The lowest BCUT2D eigenvalue weighted by Gasteiger charge is -2.11. The first-order valence-electron chi connectivity index (χ1n) is 9.40. The quantitative estimate of drug-likeness (QED) is 0.654. The molecule has 0 aliphatic heterocycles. The molecule has 0 aliphatic rings. The van der Waals surface area contributed by atoms with Crippen molar-refractivity contribution in [2.75, 3.05) is 10.6 Å². The van der Waals surface area contributed by atoms with Crippen molar-refractivity contribution >= 4 is 23.2 Å². The zero-order valence-electron chi connectivity index (χ0n) is 16.6. The molecule has 0 saturated carbocycles. The van der Waals surface area contributed by atoms with E-state index in [4.69, 9.17) is 0 Å². The summed E-state index contributed by atoms with van der Waals surface area (Å²) in [6.45, 7) is 3.31. The van der Waals surface area contributed by atoms with Crippen molar-refractivity contribution in [2.24, 2.45) is 0 Å². The van der Waals surface area contributed by atoms with Gasteiger partial charge in [-0.3, -0.25) is 14.4 Å². The van der Waals surface area contributed by atoms with Gasteiger partial charge in [-0.05, 0) is 42.8 Å². The second-order valence-electron chi connectivity index (χ2n) is 6.70. The van der Waals surface area contributed by atoms with Gasteiger partial charge in [-0.15, -0.1) is 0 Å². The summed E-state index contributed by atoms with van der Waals surface area (Å²) in [5.41, 5.74) is 2.55. The summed E-state index contributed by atoms with van der Waals surface area (Å²) < 4.78 is 14.3. The maximum atomic E-state index is 13.3. The number of hydrogen-bond acceptors (Lipinski definition) is 4. The number of halogens is 1. The van der Waals surface area contributed by atoms with E-state index in [1.807, 2.05) is 19.1 Å². The number of carbonyl (C=O) groups is 2. The fraction of sp³-hybridized carbons (Fsp3) is 0.182. The van der Waals surface area contributed by atoms with Gasteiger partial charge in [0.25, 0.3) is 5.56 Å². The number of aryl methyl sites for hydroxylation is 1. The maximum Gasteiger partial charge on any atom is 0.267 e. The zero-order chi connectivity index (χ0) is 21.7. The van der Waals surface area contributed by atoms with Gasteiger partial charge in [-0.25, -0.2) is 9.07 Å². The number of anilines is 2. The number of nitrogens with zero attached hydrogens (tertiary/aromatic N) is 2. The van der Waals surface area contributed by atoms with E-state index in [0.717, 1.165) is 10.2 Å². The van der Waals surface area contributed by atoms with Crippen molar-refractivity contribution in [3.8, 4) is 11.3 Å². The standard InChI is InChI=1S/C22H21FN4O3/c1-3-20(28)25-19-11-15(8-7-14(19)2)18-9-10-22(30)27(26-18)13-21(29)24-17-6-4-5-16(23)12-17/h4-12H,3,13H2,1-2H3,(H,24,29)(H,25,28). The van der Waals surface area contributed by atoms with Gasteiger partial charge in [0, 0.05) is 29.4 Å². The Bertz CT molecular complexity index is 1160. The highest BCUT2D eigenvalue weighted by Crippen LogP contribution is 2.23. The van der Waals surface area contributed by atoms with Gasteiger partial charge in [0.1, 0.15) is 12.4 Å². The van der Waals surface area contributed by atoms with Crippen LogP contribution in [0.3, 0.4) is 0 Å². The molecule has 0 radical (unpaired) electrons. The first-order chi connectivity index (χ1) is 14.4. The maximum absolute atomic E-state index is 13.3. The topological polar surface area (TPSA) is 93.1 Å². The van der Waals surface area contributed by atoms with Crippen LogP contribution in [0.15, 0.2) is 59.4 Å². The summed E-state index contributed by atoms with van der Waals surface area (Å²) >= 11 is 0. The first-order valence-corrected chi connectivity index (χ1v) is 9.40. The second-order valence-corrected chi connectivity index (χ2v) is 6.70. The minimum absolute atomic E-state index is 0.109. The van der Waals surface area contributed by atoms with Crippen molar-refractivity contribution in [3.63, 3.8) is 0 Å². The Morgan fingerprint density at radius 2 is 1.83 bits per heavy atom. The van der Waals surface area contributed by atoms with E-state index in [1.54, 1.807) is 25.1 Å². The molecule has 2 amide bonds. The van der Waals surface area contributed by atoms with Crippen LogP contribution >= 0.6 is 0 Å². The molecule has 2 N–H and O–H groups in total. The monoisotopic (exact) mass is 408 g/mol. The molecular weight excluding hydrogens is 387 g/mol. The fourth-order valence-electron chi connectivity index (χ4n) is 2.77. The summed E-state index contributed by atoms with van der Waals surface area (Å²) in [6.07, 6.45) is 0.354. The van der Waals surface area contributed by atoms with Gasteiger partial charge in [0.15, 0.2) is 0 Å². The molecule has 154 valence electrons. The highest BCUT2D eigenvalue weighted by Gasteiger charge is 2.11. The van der Waals surface area contributed by atoms with Gasteiger partial charge in [-0.2, -0.15) is 5.10 Å². The van der Waals surface area contributed by atoms with Crippen LogP contribution in [0.1, 0.15) is 18.9 Å². The summed E-state index contributed by atoms with van der Waals surface area (Å²) in [5.74, 6) is -1.09. The lowest BCUT2D eigenvalue weighted by atomic mass is 10.1. The van der Waals surface area contributed by atoms with Crippen molar-refractivity contribution in [2.45, 2.75) is 26.8 Å². The molecule has 0 saturated heterocycles. The first kappa shape index (κ1) is 20.9. The number of benzene rings is 2. The van der Waals surface area contributed by atoms with Crippen LogP contribution in [0.4, 0.5) is 15.8 Å². The number of rotatable bonds is 6.